The Morgan fingerprint density at radius 3 is 2.57 bits per heavy atom. The van der Waals surface area contributed by atoms with Crippen molar-refractivity contribution >= 4 is 22.8 Å². The number of anilines is 3. The molecule has 28 heavy (non-hydrogen) atoms. The molecule has 0 saturated heterocycles. The Balaban J connectivity index is 0.000000660. The Morgan fingerprint density at radius 1 is 1.11 bits per heavy atom. The molecule has 6 heteroatoms. The second kappa shape index (κ2) is 9.97. The smallest absolute Gasteiger partial charge is 0.180 e. The van der Waals surface area contributed by atoms with Gasteiger partial charge in [-0.2, -0.15) is 0 Å². The molecule has 3 aromatic heterocycles. The van der Waals surface area contributed by atoms with Crippen LogP contribution in [0.1, 0.15) is 13.8 Å². The summed E-state index contributed by atoms with van der Waals surface area (Å²) in [6.07, 6.45) is 8.84. The average Bonchev–Trinajstić information content (AvgIpc) is 3.41. The Kier molecular flexibility index (Phi) is 7.39. The lowest BCUT2D eigenvalue weighted by atomic mass is 10.2. The van der Waals surface area contributed by atoms with Crippen LogP contribution >= 0.6 is 0 Å². The van der Waals surface area contributed by atoms with Gasteiger partial charge in [-0.25, -0.2) is 9.97 Å². The summed E-state index contributed by atoms with van der Waals surface area (Å²) in [5.74, 6) is 0.711. The first-order valence-corrected chi connectivity index (χ1v) is 9.11. The molecule has 6 nitrogen and oxygen atoms in total. The topological polar surface area (TPSA) is 58.6 Å². The number of hydrogen-bond acceptors (Lipinski definition) is 5. The van der Waals surface area contributed by atoms with Gasteiger partial charge in [-0.1, -0.05) is 19.9 Å². The minimum Gasteiger partial charge on any atom is -0.472 e. The predicted octanol–water partition coefficient (Wildman–Crippen LogP) is 5.63. The van der Waals surface area contributed by atoms with Crippen LogP contribution in [0.25, 0.3) is 16.9 Å². The molecule has 4 aromatic rings. The highest BCUT2D eigenvalue weighted by Gasteiger charge is 2.11. The SMILES string of the molecule is C=C.CC.CN(C)c1cccc(Nc2nccn3c(-c4ccoc4)cnc23)c1. The molecule has 1 aromatic carbocycles. The van der Waals surface area contributed by atoms with Crippen molar-refractivity contribution in [2.45, 2.75) is 13.8 Å². The summed E-state index contributed by atoms with van der Waals surface area (Å²) in [6.45, 7) is 10.0. The fourth-order valence-electron chi connectivity index (χ4n) is 2.63. The highest BCUT2D eigenvalue weighted by molar-refractivity contribution is 5.75. The van der Waals surface area contributed by atoms with Crippen molar-refractivity contribution in [3.05, 3.63) is 74.6 Å². The molecule has 3 heterocycles. The van der Waals surface area contributed by atoms with Gasteiger partial charge in [-0.15, -0.1) is 13.2 Å². The van der Waals surface area contributed by atoms with Gasteiger partial charge in [0.2, 0.25) is 0 Å². The zero-order chi connectivity index (χ0) is 20.5. The molecule has 0 unspecified atom stereocenters. The first-order valence-electron chi connectivity index (χ1n) is 9.11. The van der Waals surface area contributed by atoms with Gasteiger partial charge >= 0.3 is 0 Å². The standard InChI is InChI=1S/C18H17N5O.C2H6.C2H4/c1-22(2)15-5-3-4-14(10-15)21-17-18-20-11-16(13-6-9-24-12-13)23(18)8-7-19-17;2*1-2/h3-12H,1-2H3,(H,19,21);1-2H3;1-2H2. The van der Waals surface area contributed by atoms with Crippen LogP contribution in [0.4, 0.5) is 17.2 Å². The van der Waals surface area contributed by atoms with E-state index in [2.05, 4.69) is 45.5 Å². The van der Waals surface area contributed by atoms with Crippen molar-refractivity contribution in [3.63, 3.8) is 0 Å². The Hall–Kier alpha value is -3.54. The molecule has 0 amide bonds. The first kappa shape index (κ1) is 20.8. The van der Waals surface area contributed by atoms with Gasteiger partial charge in [0.1, 0.15) is 0 Å². The van der Waals surface area contributed by atoms with Gasteiger partial charge in [-0.05, 0) is 24.3 Å². The number of fused-ring (bicyclic) bond motifs is 1. The van der Waals surface area contributed by atoms with Gasteiger partial charge in [0, 0.05) is 43.4 Å². The number of aromatic nitrogens is 3. The quantitative estimate of drug-likeness (QED) is 0.467. The van der Waals surface area contributed by atoms with Gasteiger partial charge in [0.05, 0.1) is 24.4 Å². The molecule has 0 aliphatic heterocycles. The summed E-state index contributed by atoms with van der Waals surface area (Å²) >= 11 is 0. The van der Waals surface area contributed by atoms with Crippen LogP contribution in [0.2, 0.25) is 0 Å². The summed E-state index contributed by atoms with van der Waals surface area (Å²) in [4.78, 5) is 11.0. The van der Waals surface area contributed by atoms with Gasteiger partial charge in [-0.3, -0.25) is 4.40 Å². The zero-order valence-corrected chi connectivity index (χ0v) is 16.9. The van der Waals surface area contributed by atoms with Crippen LogP contribution in [0.3, 0.4) is 0 Å². The molecule has 146 valence electrons. The van der Waals surface area contributed by atoms with E-state index in [1.807, 2.05) is 62.9 Å². The Morgan fingerprint density at radius 2 is 1.89 bits per heavy atom. The molecular weight excluding hydrogens is 350 g/mol. The number of hydrogen-bond donors (Lipinski definition) is 1. The number of nitrogens with one attached hydrogen (secondary N) is 1. The molecule has 0 fully saturated rings. The van der Waals surface area contributed by atoms with Crippen molar-refractivity contribution in [2.24, 2.45) is 0 Å². The monoisotopic (exact) mass is 377 g/mol. The number of nitrogens with zero attached hydrogens (tertiary/aromatic N) is 4. The van der Waals surface area contributed by atoms with Crippen LogP contribution < -0.4 is 10.2 Å². The van der Waals surface area contributed by atoms with Crippen LogP contribution in [0, 0.1) is 0 Å². The third kappa shape index (κ3) is 4.40. The van der Waals surface area contributed by atoms with Gasteiger partial charge < -0.3 is 14.6 Å². The first-order chi connectivity index (χ1) is 13.7. The molecule has 1 N–H and O–H groups in total. The van der Waals surface area contributed by atoms with E-state index in [0.29, 0.717) is 5.82 Å². The predicted molar refractivity (Wildman–Crippen MR) is 117 cm³/mol. The highest BCUT2D eigenvalue weighted by atomic mass is 16.3. The van der Waals surface area contributed by atoms with E-state index in [-0.39, 0.29) is 0 Å². The summed E-state index contributed by atoms with van der Waals surface area (Å²) in [6, 6.07) is 10.1. The molecular formula is C22H27N5O. The van der Waals surface area contributed by atoms with Crippen molar-refractivity contribution in [1.82, 2.24) is 14.4 Å². The lowest BCUT2D eigenvalue weighted by Crippen LogP contribution is -2.08. The van der Waals surface area contributed by atoms with Gasteiger partial charge in [0.25, 0.3) is 0 Å². The summed E-state index contributed by atoms with van der Waals surface area (Å²) in [5, 5.41) is 3.36. The minimum atomic E-state index is 0.711. The molecule has 0 atom stereocenters. The number of benzene rings is 1. The van der Waals surface area contributed by atoms with E-state index in [9.17, 15) is 0 Å². The minimum absolute atomic E-state index is 0.711. The lowest BCUT2D eigenvalue weighted by molar-refractivity contribution is 0.568. The third-order valence-corrected chi connectivity index (χ3v) is 3.87. The van der Waals surface area contributed by atoms with Crippen LogP contribution in [-0.2, 0) is 0 Å². The Bertz CT molecular complexity index is 989. The van der Waals surface area contributed by atoms with E-state index in [0.717, 1.165) is 28.3 Å². The van der Waals surface area contributed by atoms with E-state index < -0.39 is 0 Å². The van der Waals surface area contributed by atoms with E-state index in [1.165, 1.54) is 0 Å². The largest absolute Gasteiger partial charge is 0.472 e. The fraction of sp³-hybridized carbons (Fsp3) is 0.182. The third-order valence-electron chi connectivity index (χ3n) is 3.87. The maximum atomic E-state index is 5.17. The fourth-order valence-corrected chi connectivity index (χ4v) is 2.63. The van der Waals surface area contributed by atoms with E-state index >= 15 is 0 Å². The van der Waals surface area contributed by atoms with E-state index in [4.69, 9.17) is 4.42 Å². The van der Waals surface area contributed by atoms with Crippen molar-refractivity contribution < 1.29 is 4.42 Å². The molecule has 4 rings (SSSR count). The summed E-state index contributed by atoms with van der Waals surface area (Å²) in [7, 11) is 4.04. The molecule has 0 radical (unpaired) electrons. The average molecular weight is 377 g/mol. The summed E-state index contributed by atoms with van der Waals surface area (Å²) in [5.41, 5.74) is 4.80. The molecule has 0 saturated carbocycles. The van der Waals surface area contributed by atoms with Crippen LogP contribution in [-0.4, -0.2) is 28.5 Å². The van der Waals surface area contributed by atoms with Crippen LogP contribution in [0.5, 0.6) is 0 Å². The van der Waals surface area contributed by atoms with Crippen molar-refractivity contribution in [1.29, 1.82) is 0 Å². The lowest BCUT2D eigenvalue weighted by Gasteiger charge is -2.14. The maximum Gasteiger partial charge on any atom is 0.180 e. The number of rotatable bonds is 4. The number of imidazole rings is 1. The number of furan rings is 1. The zero-order valence-electron chi connectivity index (χ0n) is 16.9. The highest BCUT2D eigenvalue weighted by Crippen LogP contribution is 2.26. The van der Waals surface area contributed by atoms with E-state index in [1.54, 1.807) is 18.7 Å². The second-order valence-corrected chi connectivity index (χ2v) is 5.69. The summed E-state index contributed by atoms with van der Waals surface area (Å²) < 4.78 is 7.17. The molecule has 0 aliphatic carbocycles. The normalized spacial score (nSPS) is 9.71. The van der Waals surface area contributed by atoms with Crippen molar-refractivity contribution in [2.75, 3.05) is 24.3 Å². The maximum absolute atomic E-state index is 5.17. The molecule has 0 bridgehead atoms. The Labute approximate surface area is 166 Å². The van der Waals surface area contributed by atoms with Crippen molar-refractivity contribution in [3.8, 4) is 11.3 Å². The second-order valence-electron chi connectivity index (χ2n) is 5.69. The molecule has 0 aliphatic rings. The molecule has 0 spiro atoms. The van der Waals surface area contributed by atoms with Gasteiger partial charge in [0.15, 0.2) is 11.5 Å². The van der Waals surface area contributed by atoms with Crippen LogP contribution in [0.15, 0.2) is 79.0 Å².